The summed E-state index contributed by atoms with van der Waals surface area (Å²) in [7, 11) is 1.17. The van der Waals surface area contributed by atoms with Crippen molar-refractivity contribution in [1.82, 2.24) is 0 Å². The molecule has 2 heterocycles. The third kappa shape index (κ3) is 6.04. The summed E-state index contributed by atoms with van der Waals surface area (Å²) in [4.78, 5) is 25.4. The van der Waals surface area contributed by atoms with Gasteiger partial charge in [-0.15, -0.1) is 0 Å². The standard InChI is InChI=1S/C26H34O13/c1-26(34)9-15(37-17(29)8-5-12-3-6-13(28)7-4-12)18-14(23(33)35-2)11-36-24(19(18)26)39-25-22(32)21(31)20(30)16(10-27)38-25/h3-4,6-7,11,15-16,18-22,24-25,27-28,30-32,34H,5,8-10H2,1-2H3/t15-,16-,18-,19-,20-,21+,22-,24+,25-,26-/m1/s1. The zero-order valence-corrected chi connectivity index (χ0v) is 21.5. The molecule has 0 spiro atoms. The number of hydrogen-bond acceptors (Lipinski definition) is 13. The summed E-state index contributed by atoms with van der Waals surface area (Å²) >= 11 is 0. The highest BCUT2D eigenvalue weighted by molar-refractivity contribution is 5.89. The Balaban J connectivity index is 1.53. The van der Waals surface area contributed by atoms with Crippen molar-refractivity contribution in [2.75, 3.05) is 13.7 Å². The number of rotatable bonds is 8. The molecule has 1 saturated carbocycles. The minimum Gasteiger partial charge on any atom is -0.508 e. The molecule has 1 aromatic carbocycles. The number of phenols is 1. The zero-order chi connectivity index (χ0) is 28.5. The van der Waals surface area contributed by atoms with Crippen LogP contribution in [-0.4, -0.2) is 105 Å². The van der Waals surface area contributed by atoms with Crippen molar-refractivity contribution in [2.45, 2.75) is 74.9 Å². The normalized spacial score (nSPS) is 37.8. The Bertz CT molecular complexity index is 1050. The number of carbonyl (C=O) groups is 2. The minimum absolute atomic E-state index is 0.000620. The monoisotopic (exact) mass is 554 g/mol. The molecule has 0 bridgehead atoms. The van der Waals surface area contributed by atoms with Crippen molar-refractivity contribution in [3.63, 3.8) is 0 Å². The number of esters is 2. The summed E-state index contributed by atoms with van der Waals surface area (Å²) in [6.07, 6.45) is -8.82. The van der Waals surface area contributed by atoms with Gasteiger partial charge in [0.05, 0.1) is 37.1 Å². The molecule has 3 aliphatic rings. The second-order valence-corrected chi connectivity index (χ2v) is 10.2. The molecule has 0 radical (unpaired) electrons. The number of hydrogen-bond donors (Lipinski definition) is 6. The maximum atomic E-state index is 12.8. The van der Waals surface area contributed by atoms with Gasteiger partial charge in [-0.25, -0.2) is 4.79 Å². The van der Waals surface area contributed by atoms with Gasteiger partial charge in [0.25, 0.3) is 0 Å². The molecule has 13 nitrogen and oxygen atoms in total. The van der Waals surface area contributed by atoms with Crippen LogP contribution in [-0.2, 0) is 39.7 Å². The molecule has 0 unspecified atom stereocenters. The lowest BCUT2D eigenvalue weighted by Crippen LogP contribution is -2.60. The summed E-state index contributed by atoms with van der Waals surface area (Å²) in [6.45, 7) is 0.789. The highest BCUT2D eigenvalue weighted by Gasteiger charge is 2.61. The third-order valence-corrected chi connectivity index (χ3v) is 7.48. The van der Waals surface area contributed by atoms with Crippen LogP contribution >= 0.6 is 0 Å². The van der Waals surface area contributed by atoms with E-state index in [1.165, 1.54) is 26.2 Å². The maximum absolute atomic E-state index is 12.8. The third-order valence-electron chi connectivity index (χ3n) is 7.48. The number of phenolic OH excluding ortho intramolecular Hbond substituents is 1. The Morgan fingerprint density at radius 2 is 1.77 bits per heavy atom. The molecule has 216 valence electrons. The molecular weight excluding hydrogens is 520 g/mol. The molecule has 6 N–H and O–H groups in total. The Morgan fingerprint density at radius 3 is 2.41 bits per heavy atom. The van der Waals surface area contributed by atoms with E-state index in [0.29, 0.717) is 6.42 Å². The van der Waals surface area contributed by atoms with Crippen LogP contribution in [0.2, 0.25) is 0 Å². The summed E-state index contributed by atoms with van der Waals surface area (Å²) in [5, 5.41) is 60.8. The van der Waals surface area contributed by atoms with Crippen molar-refractivity contribution >= 4 is 11.9 Å². The van der Waals surface area contributed by atoms with E-state index in [1.54, 1.807) is 12.1 Å². The first-order valence-corrected chi connectivity index (χ1v) is 12.6. The van der Waals surface area contributed by atoms with Gasteiger partial charge in [0, 0.05) is 18.8 Å². The summed E-state index contributed by atoms with van der Waals surface area (Å²) in [6, 6.07) is 6.36. The van der Waals surface area contributed by atoms with Gasteiger partial charge < -0.3 is 54.3 Å². The van der Waals surface area contributed by atoms with Crippen molar-refractivity contribution in [3.8, 4) is 5.75 Å². The number of methoxy groups -OCH3 is 1. The molecule has 10 atom stereocenters. The molecule has 1 aliphatic carbocycles. The van der Waals surface area contributed by atoms with Gasteiger partial charge in [0.1, 0.15) is 36.3 Å². The van der Waals surface area contributed by atoms with E-state index < -0.39 is 79.1 Å². The molecule has 4 rings (SSSR count). The number of carbonyl (C=O) groups excluding carboxylic acids is 2. The lowest BCUT2D eigenvalue weighted by Gasteiger charge is -2.44. The van der Waals surface area contributed by atoms with Crippen molar-refractivity contribution in [2.24, 2.45) is 11.8 Å². The number of aliphatic hydroxyl groups excluding tert-OH is 4. The van der Waals surface area contributed by atoms with E-state index in [-0.39, 0.29) is 24.2 Å². The Labute approximate surface area is 224 Å². The number of aromatic hydroxyl groups is 1. The van der Waals surface area contributed by atoms with Gasteiger partial charge in [-0.05, 0) is 31.0 Å². The fourth-order valence-electron chi connectivity index (χ4n) is 5.43. The predicted octanol–water partition coefficient (Wildman–Crippen LogP) is -1.15. The minimum atomic E-state index is -1.73. The van der Waals surface area contributed by atoms with E-state index in [4.69, 9.17) is 23.7 Å². The molecule has 2 fully saturated rings. The summed E-state index contributed by atoms with van der Waals surface area (Å²) in [5.74, 6) is -3.18. The molecule has 1 aromatic rings. The molecule has 1 saturated heterocycles. The lowest BCUT2D eigenvalue weighted by atomic mass is 9.80. The second-order valence-electron chi connectivity index (χ2n) is 10.2. The van der Waals surface area contributed by atoms with E-state index in [1.807, 2.05) is 0 Å². The largest absolute Gasteiger partial charge is 0.508 e. The van der Waals surface area contributed by atoms with Crippen LogP contribution in [0.25, 0.3) is 0 Å². The first kappa shape index (κ1) is 29.2. The second kappa shape index (κ2) is 11.8. The summed E-state index contributed by atoms with van der Waals surface area (Å²) < 4.78 is 27.4. The van der Waals surface area contributed by atoms with E-state index in [2.05, 4.69) is 0 Å². The Morgan fingerprint density at radius 1 is 1.08 bits per heavy atom. The van der Waals surface area contributed by atoms with Crippen LogP contribution in [0.3, 0.4) is 0 Å². The Hall–Kier alpha value is -2.78. The molecule has 39 heavy (non-hydrogen) atoms. The number of ether oxygens (including phenoxy) is 5. The van der Waals surface area contributed by atoms with Crippen LogP contribution in [0.15, 0.2) is 36.1 Å². The fourth-order valence-corrected chi connectivity index (χ4v) is 5.43. The highest BCUT2D eigenvalue weighted by atomic mass is 16.8. The smallest absolute Gasteiger partial charge is 0.337 e. The van der Waals surface area contributed by atoms with Crippen molar-refractivity contribution in [3.05, 3.63) is 41.7 Å². The lowest BCUT2D eigenvalue weighted by molar-refractivity contribution is -0.346. The van der Waals surface area contributed by atoms with Gasteiger partial charge in [-0.3, -0.25) is 4.79 Å². The van der Waals surface area contributed by atoms with Crippen LogP contribution in [0.4, 0.5) is 0 Å². The number of benzene rings is 1. The molecule has 0 aromatic heterocycles. The molecular formula is C26H34O13. The first-order chi connectivity index (χ1) is 18.5. The average Bonchev–Trinajstić information content (AvgIpc) is 3.18. The van der Waals surface area contributed by atoms with E-state index in [0.717, 1.165) is 11.8 Å². The first-order valence-electron chi connectivity index (χ1n) is 12.6. The van der Waals surface area contributed by atoms with Crippen LogP contribution in [0.1, 0.15) is 25.3 Å². The molecule has 0 amide bonds. The average molecular weight is 555 g/mol. The fraction of sp³-hybridized carbons (Fsp3) is 0.615. The van der Waals surface area contributed by atoms with E-state index >= 15 is 0 Å². The van der Waals surface area contributed by atoms with Gasteiger partial charge in [-0.1, -0.05) is 12.1 Å². The summed E-state index contributed by atoms with van der Waals surface area (Å²) in [5.41, 5.74) is -0.792. The maximum Gasteiger partial charge on any atom is 0.337 e. The van der Waals surface area contributed by atoms with E-state index in [9.17, 15) is 40.2 Å². The highest BCUT2D eigenvalue weighted by Crippen LogP contribution is 2.51. The Kier molecular flexibility index (Phi) is 8.81. The van der Waals surface area contributed by atoms with Crippen LogP contribution in [0.5, 0.6) is 5.75 Å². The SMILES string of the molecule is COC(=O)C1=CO[C@@H](O[C@H]2O[C@H](CO)[C@@H](O)[C@H](O)[C@H]2O)[C@H]2[C@H]1[C@H](OC(=O)CCc1ccc(O)cc1)C[C@@]2(C)O. The predicted molar refractivity (Wildman–Crippen MR) is 128 cm³/mol. The molecule has 2 aliphatic heterocycles. The van der Waals surface area contributed by atoms with Crippen molar-refractivity contribution < 1.29 is 63.9 Å². The van der Waals surface area contributed by atoms with Crippen LogP contribution < -0.4 is 0 Å². The number of aryl methyl sites for hydroxylation is 1. The van der Waals surface area contributed by atoms with Gasteiger partial charge in [0.15, 0.2) is 6.29 Å². The zero-order valence-electron chi connectivity index (χ0n) is 21.5. The van der Waals surface area contributed by atoms with Crippen LogP contribution in [0, 0.1) is 11.8 Å². The van der Waals surface area contributed by atoms with Crippen molar-refractivity contribution in [1.29, 1.82) is 0 Å². The number of fused-ring (bicyclic) bond motifs is 1. The van der Waals surface area contributed by atoms with Gasteiger partial charge in [-0.2, -0.15) is 0 Å². The topological polar surface area (TPSA) is 202 Å². The van der Waals surface area contributed by atoms with Gasteiger partial charge in [0.2, 0.25) is 6.29 Å². The quantitative estimate of drug-likeness (QED) is 0.211. The molecule has 13 heteroatoms. The number of aliphatic hydroxyl groups is 5. The van der Waals surface area contributed by atoms with Gasteiger partial charge >= 0.3 is 11.9 Å².